The van der Waals surface area contributed by atoms with Crippen LogP contribution in [0.25, 0.3) is 10.6 Å². The van der Waals surface area contributed by atoms with E-state index in [-0.39, 0.29) is 0 Å². The van der Waals surface area contributed by atoms with Crippen molar-refractivity contribution in [3.8, 4) is 16.3 Å². The first-order valence-electron chi connectivity index (χ1n) is 5.31. The van der Waals surface area contributed by atoms with Gasteiger partial charge in [-0.3, -0.25) is 0 Å². The van der Waals surface area contributed by atoms with Crippen molar-refractivity contribution >= 4 is 27.3 Å². The summed E-state index contributed by atoms with van der Waals surface area (Å²) in [6.45, 7) is 6.27. The van der Waals surface area contributed by atoms with Crippen molar-refractivity contribution in [3.63, 3.8) is 0 Å². The lowest BCUT2D eigenvalue weighted by atomic mass is 9.99. The smallest absolute Gasteiger partial charge is 0.132 e. The molecule has 2 nitrogen and oxygen atoms in total. The number of benzene rings is 1. The van der Waals surface area contributed by atoms with Gasteiger partial charge in [-0.2, -0.15) is 0 Å². The predicted molar refractivity (Wildman–Crippen MR) is 76.0 cm³/mol. The molecule has 2 aromatic rings. The zero-order valence-electron chi connectivity index (χ0n) is 10.3. The first kappa shape index (κ1) is 12.6. The number of ether oxygens (including phenoxy) is 1. The van der Waals surface area contributed by atoms with E-state index in [9.17, 15) is 0 Å². The number of hydrogen-bond acceptors (Lipinski definition) is 3. The molecular weight excluding hydrogens is 298 g/mol. The standard InChI is InChI=1S/C13H14BrNOS/c1-7-8(2)12(16-4)10(9(3)11(7)14)13-15-5-6-17-13/h5-6H,1-4H3. The van der Waals surface area contributed by atoms with Crippen molar-refractivity contribution < 1.29 is 4.74 Å². The monoisotopic (exact) mass is 311 g/mol. The van der Waals surface area contributed by atoms with Gasteiger partial charge in [0.15, 0.2) is 0 Å². The Morgan fingerprint density at radius 3 is 2.41 bits per heavy atom. The maximum absolute atomic E-state index is 5.56. The lowest BCUT2D eigenvalue weighted by Crippen LogP contribution is -1.98. The van der Waals surface area contributed by atoms with Gasteiger partial charge in [0.2, 0.25) is 0 Å². The van der Waals surface area contributed by atoms with Crippen molar-refractivity contribution in [2.24, 2.45) is 0 Å². The van der Waals surface area contributed by atoms with E-state index in [2.05, 4.69) is 41.7 Å². The van der Waals surface area contributed by atoms with Crippen molar-refractivity contribution in [1.82, 2.24) is 4.98 Å². The molecule has 1 heterocycles. The largest absolute Gasteiger partial charge is 0.496 e. The average molecular weight is 312 g/mol. The Kier molecular flexibility index (Phi) is 3.54. The Bertz CT molecular complexity index is 549. The number of aromatic nitrogens is 1. The van der Waals surface area contributed by atoms with E-state index < -0.39 is 0 Å². The lowest BCUT2D eigenvalue weighted by Gasteiger charge is -2.17. The highest BCUT2D eigenvalue weighted by Crippen LogP contribution is 2.42. The first-order valence-corrected chi connectivity index (χ1v) is 6.98. The molecule has 0 radical (unpaired) electrons. The van der Waals surface area contributed by atoms with E-state index >= 15 is 0 Å². The summed E-state index contributed by atoms with van der Waals surface area (Å²) in [6, 6.07) is 0. The maximum Gasteiger partial charge on any atom is 0.132 e. The second kappa shape index (κ2) is 4.78. The van der Waals surface area contributed by atoms with Crippen LogP contribution in [-0.4, -0.2) is 12.1 Å². The summed E-state index contributed by atoms with van der Waals surface area (Å²) in [6.07, 6.45) is 1.82. The van der Waals surface area contributed by atoms with Gasteiger partial charge in [-0.15, -0.1) is 11.3 Å². The van der Waals surface area contributed by atoms with Crippen LogP contribution >= 0.6 is 27.3 Å². The Balaban J connectivity index is 2.82. The molecule has 0 N–H and O–H groups in total. The van der Waals surface area contributed by atoms with Crippen LogP contribution in [0.4, 0.5) is 0 Å². The van der Waals surface area contributed by atoms with Gasteiger partial charge in [-0.05, 0) is 37.5 Å². The quantitative estimate of drug-likeness (QED) is 0.814. The van der Waals surface area contributed by atoms with E-state index in [1.54, 1.807) is 18.4 Å². The molecule has 0 aliphatic carbocycles. The van der Waals surface area contributed by atoms with E-state index in [1.165, 1.54) is 11.1 Å². The minimum absolute atomic E-state index is 0.929. The summed E-state index contributed by atoms with van der Waals surface area (Å²) < 4.78 is 6.70. The summed E-state index contributed by atoms with van der Waals surface area (Å²) in [4.78, 5) is 4.39. The second-order valence-electron chi connectivity index (χ2n) is 3.93. The minimum Gasteiger partial charge on any atom is -0.496 e. The molecule has 0 bridgehead atoms. The zero-order valence-corrected chi connectivity index (χ0v) is 12.7. The third-order valence-corrected chi connectivity index (χ3v) is 4.99. The highest BCUT2D eigenvalue weighted by atomic mass is 79.9. The summed E-state index contributed by atoms with van der Waals surface area (Å²) in [5.41, 5.74) is 4.66. The third-order valence-electron chi connectivity index (χ3n) is 3.01. The van der Waals surface area contributed by atoms with Crippen LogP contribution in [-0.2, 0) is 0 Å². The lowest BCUT2D eigenvalue weighted by molar-refractivity contribution is 0.412. The first-order chi connectivity index (χ1) is 8.07. The van der Waals surface area contributed by atoms with Crippen molar-refractivity contribution in [2.75, 3.05) is 7.11 Å². The molecule has 0 aliphatic heterocycles. The highest BCUT2D eigenvalue weighted by Gasteiger charge is 2.19. The second-order valence-corrected chi connectivity index (χ2v) is 5.62. The normalized spacial score (nSPS) is 10.6. The fraction of sp³-hybridized carbons (Fsp3) is 0.308. The Hall–Kier alpha value is -0.870. The van der Waals surface area contributed by atoms with E-state index in [4.69, 9.17) is 4.74 Å². The van der Waals surface area contributed by atoms with Crippen molar-refractivity contribution in [3.05, 3.63) is 32.7 Å². The summed E-state index contributed by atoms with van der Waals surface area (Å²) >= 11 is 5.28. The van der Waals surface area contributed by atoms with Gasteiger partial charge in [0.25, 0.3) is 0 Å². The topological polar surface area (TPSA) is 22.1 Å². The number of nitrogens with zero attached hydrogens (tertiary/aromatic N) is 1. The van der Waals surface area contributed by atoms with Crippen LogP contribution in [0.1, 0.15) is 16.7 Å². The van der Waals surface area contributed by atoms with Gasteiger partial charge < -0.3 is 4.74 Å². The number of hydrogen-bond donors (Lipinski definition) is 0. The Morgan fingerprint density at radius 2 is 1.88 bits per heavy atom. The molecule has 0 saturated heterocycles. The molecule has 0 amide bonds. The van der Waals surface area contributed by atoms with Crippen LogP contribution < -0.4 is 4.74 Å². The van der Waals surface area contributed by atoms with Crippen LogP contribution in [0.3, 0.4) is 0 Å². The summed E-state index contributed by atoms with van der Waals surface area (Å²) in [5, 5.41) is 2.99. The molecule has 4 heteroatoms. The van der Waals surface area contributed by atoms with Crippen molar-refractivity contribution in [1.29, 1.82) is 0 Å². The van der Waals surface area contributed by atoms with Gasteiger partial charge in [0, 0.05) is 16.0 Å². The predicted octanol–water partition coefficient (Wildman–Crippen LogP) is 4.51. The molecule has 90 valence electrons. The van der Waals surface area contributed by atoms with Crippen LogP contribution in [0.15, 0.2) is 16.0 Å². The number of rotatable bonds is 2. The van der Waals surface area contributed by atoms with Crippen LogP contribution in [0, 0.1) is 20.8 Å². The van der Waals surface area contributed by atoms with Crippen LogP contribution in [0.2, 0.25) is 0 Å². The van der Waals surface area contributed by atoms with Gasteiger partial charge in [0.05, 0.1) is 12.7 Å². The summed E-state index contributed by atoms with van der Waals surface area (Å²) in [5.74, 6) is 0.929. The molecular formula is C13H14BrNOS. The van der Waals surface area contributed by atoms with E-state index in [1.807, 2.05) is 11.6 Å². The van der Waals surface area contributed by atoms with Gasteiger partial charge in [0.1, 0.15) is 10.8 Å². The number of halogens is 1. The highest BCUT2D eigenvalue weighted by molar-refractivity contribution is 9.10. The van der Waals surface area contributed by atoms with Crippen molar-refractivity contribution in [2.45, 2.75) is 20.8 Å². The molecule has 1 aromatic heterocycles. The average Bonchev–Trinajstić information content (AvgIpc) is 2.84. The van der Waals surface area contributed by atoms with Gasteiger partial charge in [-0.25, -0.2) is 4.98 Å². The van der Waals surface area contributed by atoms with E-state index in [0.29, 0.717) is 0 Å². The molecule has 0 atom stereocenters. The Labute approximate surface area is 114 Å². The minimum atomic E-state index is 0.929. The molecule has 0 saturated carbocycles. The molecule has 0 spiro atoms. The number of thiazole rings is 1. The molecule has 0 aliphatic rings. The van der Waals surface area contributed by atoms with Gasteiger partial charge in [-0.1, -0.05) is 15.9 Å². The molecule has 0 fully saturated rings. The molecule has 1 aromatic carbocycles. The van der Waals surface area contributed by atoms with E-state index in [0.717, 1.165) is 26.4 Å². The van der Waals surface area contributed by atoms with Crippen LogP contribution in [0.5, 0.6) is 5.75 Å². The summed E-state index contributed by atoms with van der Waals surface area (Å²) in [7, 11) is 1.71. The Morgan fingerprint density at radius 1 is 1.18 bits per heavy atom. The van der Waals surface area contributed by atoms with Gasteiger partial charge >= 0.3 is 0 Å². The number of methoxy groups -OCH3 is 1. The SMILES string of the molecule is COc1c(C)c(C)c(Br)c(C)c1-c1nccs1. The maximum atomic E-state index is 5.56. The molecule has 2 rings (SSSR count). The zero-order chi connectivity index (χ0) is 12.6. The fourth-order valence-electron chi connectivity index (χ4n) is 1.94. The third kappa shape index (κ3) is 2.00. The fourth-order valence-corrected chi connectivity index (χ4v) is 3.17. The molecule has 0 unspecified atom stereocenters. The molecule has 17 heavy (non-hydrogen) atoms.